The molecule has 0 aliphatic carbocycles. The maximum atomic E-state index is 11.5. The zero-order chi connectivity index (χ0) is 15.0. The van der Waals surface area contributed by atoms with Crippen LogP contribution in [0.5, 0.6) is 0 Å². The van der Waals surface area contributed by atoms with Crippen LogP contribution in [-0.4, -0.2) is 61.9 Å². The van der Waals surface area contributed by atoms with Crippen LogP contribution in [0.2, 0.25) is 0 Å². The van der Waals surface area contributed by atoms with Crippen molar-refractivity contribution < 1.29 is 23.9 Å². The van der Waals surface area contributed by atoms with E-state index in [9.17, 15) is 19.2 Å². The smallest absolute Gasteiger partial charge is 0.253 e. The number of rotatable bonds is 8. The van der Waals surface area contributed by atoms with Crippen molar-refractivity contribution in [3.63, 3.8) is 0 Å². The number of nitrogens with zero attached hydrogens (tertiary/aromatic N) is 1. The van der Waals surface area contributed by atoms with Gasteiger partial charge in [0, 0.05) is 45.3 Å². The predicted molar refractivity (Wildman–Crippen MR) is 68.4 cm³/mol. The number of imide groups is 1. The van der Waals surface area contributed by atoms with E-state index >= 15 is 0 Å². The molecule has 0 aromatic rings. The lowest BCUT2D eigenvalue weighted by Gasteiger charge is -2.13. The van der Waals surface area contributed by atoms with Crippen LogP contribution >= 0.6 is 0 Å². The van der Waals surface area contributed by atoms with E-state index in [1.807, 2.05) is 0 Å². The zero-order valence-corrected chi connectivity index (χ0v) is 11.2. The van der Waals surface area contributed by atoms with Crippen molar-refractivity contribution in [2.24, 2.45) is 0 Å². The largest absolute Gasteiger partial charge is 0.375 e. The van der Waals surface area contributed by atoms with Crippen LogP contribution in [0, 0.1) is 0 Å². The number of amides is 4. The summed E-state index contributed by atoms with van der Waals surface area (Å²) in [5, 5.41) is 5.11. The summed E-state index contributed by atoms with van der Waals surface area (Å²) in [6.45, 7) is 0.582. The van der Waals surface area contributed by atoms with Gasteiger partial charge in [-0.2, -0.15) is 0 Å². The number of carbonyl (C=O) groups excluding carboxylic acids is 4. The first kappa shape index (κ1) is 15.8. The molecule has 1 aliphatic heterocycles. The molecule has 4 amide bonds. The second-order valence-electron chi connectivity index (χ2n) is 4.04. The van der Waals surface area contributed by atoms with E-state index in [0.717, 1.165) is 4.90 Å². The molecule has 20 heavy (non-hydrogen) atoms. The zero-order valence-electron chi connectivity index (χ0n) is 11.2. The lowest BCUT2D eigenvalue weighted by Crippen LogP contribution is -2.38. The summed E-state index contributed by atoms with van der Waals surface area (Å²) >= 11 is 0. The van der Waals surface area contributed by atoms with Gasteiger partial charge in [0.15, 0.2) is 0 Å². The Bertz CT molecular complexity index is 415. The molecule has 0 atom stereocenters. The van der Waals surface area contributed by atoms with Gasteiger partial charge < -0.3 is 15.4 Å². The van der Waals surface area contributed by atoms with Crippen LogP contribution in [0.25, 0.3) is 0 Å². The molecule has 0 spiro atoms. The molecular formula is C12H17N3O5. The molecule has 0 saturated carbocycles. The third-order valence-corrected chi connectivity index (χ3v) is 2.51. The summed E-state index contributed by atoms with van der Waals surface area (Å²) in [5.41, 5.74) is 0. The van der Waals surface area contributed by atoms with Gasteiger partial charge in [0.1, 0.15) is 6.61 Å². The minimum Gasteiger partial charge on any atom is -0.375 e. The Kier molecular flexibility index (Phi) is 6.38. The van der Waals surface area contributed by atoms with Crippen molar-refractivity contribution in [3.05, 3.63) is 12.2 Å². The standard InChI is InChI=1S/C12H17N3O5/c1-20-8-10(17)14-6-5-13-9(16)4-7-15-11(18)2-3-12(15)19/h2-3H,4-8H2,1H3,(H,13,16)(H,14,17). The molecule has 0 unspecified atom stereocenters. The average molecular weight is 283 g/mol. The Morgan fingerprint density at radius 2 is 1.65 bits per heavy atom. The number of nitrogens with one attached hydrogen (secondary N) is 2. The fourth-order valence-corrected chi connectivity index (χ4v) is 1.54. The highest BCUT2D eigenvalue weighted by molar-refractivity contribution is 6.13. The molecule has 2 N–H and O–H groups in total. The van der Waals surface area contributed by atoms with E-state index in [0.29, 0.717) is 0 Å². The van der Waals surface area contributed by atoms with Gasteiger partial charge in [-0.3, -0.25) is 24.1 Å². The molecule has 0 bridgehead atoms. The third kappa shape index (κ3) is 5.19. The number of ether oxygens (including phenoxy) is 1. The highest BCUT2D eigenvalue weighted by Crippen LogP contribution is 2.03. The lowest BCUT2D eigenvalue weighted by atomic mass is 10.3. The summed E-state index contributed by atoms with van der Waals surface area (Å²) in [6, 6.07) is 0. The van der Waals surface area contributed by atoms with Gasteiger partial charge >= 0.3 is 0 Å². The molecule has 0 saturated heterocycles. The molecule has 1 heterocycles. The Morgan fingerprint density at radius 3 is 2.20 bits per heavy atom. The van der Waals surface area contributed by atoms with Crippen molar-refractivity contribution in [2.75, 3.05) is 33.4 Å². The van der Waals surface area contributed by atoms with Crippen LogP contribution in [0.4, 0.5) is 0 Å². The van der Waals surface area contributed by atoms with Gasteiger partial charge in [-0.25, -0.2) is 0 Å². The SMILES string of the molecule is COCC(=O)NCCNC(=O)CCN1C(=O)C=CC1=O. The van der Waals surface area contributed by atoms with Gasteiger partial charge in [-0.15, -0.1) is 0 Å². The van der Waals surface area contributed by atoms with Crippen LogP contribution in [0.3, 0.4) is 0 Å². The number of hydrogen-bond acceptors (Lipinski definition) is 5. The molecule has 1 rings (SSSR count). The third-order valence-electron chi connectivity index (χ3n) is 2.51. The quantitative estimate of drug-likeness (QED) is 0.403. The fraction of sp³-hybridized carbons (Fsp3) is 0.500. The molecule has 0 fully saturated rings. The van der Waals surface area contributed by atoms with E-state index in [4.69, 9.17) is 0 Å². The first-order chi connectivity index (χ1) is 9.54. The average Bonchev–Trinajstić information content (AvgIpc) is 2.72. The van der Waals surface area contributed by atoms with Gasteiger partial charge in [-0.05, 0) is 0 Å². The fourth-order valence-electron chi connectivity index (χ4n) is 1.54. The molecule has 0 aromatic carbocycles. The van der Waals surface area contributed by atoms with E-state index in [1.165, 1.54) is 19.3 Å². The summed E-state index contributed by atoms with van der Waals surface area (Å²) in [4.78, 5) is 45.9. The van der Waals surface area contributed by atoms with Crippen molar-refractivity contribution in [2.45, 2.75) is 6.42 Å². The predicted octanol–water partition coefficient (Wildman–Crippen LogP) is -1.82. The van der Waals surface area contributed by atoms with E-state index in [-0.39, 0.29) is 44.5 Å². The van der Waals surface area contributed by atoms with Crippen LogP contribution in [-0.2, 0) is 23.9 Å². The second kappa shape index (κ2) is 8.05. The minimum atomic E-state index is -0.408. The van der Waals surface area contributed by atoms with Gasteiger partial charge in [0.25, 0.3) is 11.8 Å². The highest BCUT2D eigenvalue weighted by Gasteiger charge is 2.23. The Labute approximate surface area is 116 Å². The Balaban J connectivity index is 2.11. The molecule has 0 aromatic heterocycles. The molecular weight excluding hydrogens is 266 g/mol. The van der Waals surface area contributed by atoms with Crippen molar-refractivity contribution in [1.29, 1.82) is 0 Å². The maximum absolute atomic E-state index is 11.5. The molecule has 8 nitrogen and oxygen atoms in total. The first-order valence-electron chi connectivity index (χ1n) is 6.10. The minimum absolute atomic E-state index is 0.0276. The van der Waals surface area contributed by atoms with Crippen molar-refractivity contribution >= 4 is 23.6 Å². The number of hydrogen-bond donors (Lipinski definition) is 2. The van der Waals surface area contributed by atoms with Crippen molar-refractivity contribution in [1.82, 2.24) is 15.5 Å². The second-order valence-corrected chi connectivity index (χ2v) is 4.04. The number of methoxy groups -OCH3 is 1. The monoisotopic (exact) mass is 283 g/mol. The summed E-state index contributed by atoms with van der Waals surface area (Å²) in [6.07, 6.45) is 2.38. The van der Waals surface area contributed by atoms with Crippen LogP contribution < -0.4 is 10.6 Å². The summed E-state index contributed by atoms with van der Waals surface area (Å²) < 4.78 is 4.62. The van der Waals surface area contributed by atoms with Crippen LogP contribution in [0.15, 0.2) is 12.2 Å². The normalized spacial score (nSPS) is 13.8. The van der Waals surface area contributed by atoms with Gasteiger partial charge in [0.2, 0.25) is 11.8 Å². The van der Waals surface area contributed by atoms with Gasteiger partial charge in [-0.1, -0.05) is 0 Å². The van der Waals surface area contributed by atoms with Crippen molar-refractivity contribution in [3.8, 4) is 0 Å². The van der Waals surface area contributed by atoms with E-state index in [2.05, 4.69) is 15.4 Å². The summed E-state index contributed by atoms with van der Waals surface area (Å²) in [7, 11) is 1.41. The Morgan fingerprint density at radius 1 is 1.10 bits per heavy atom. The van der Waals surface area contributed by atoms with E-state index in [1.54, 1.807) is 0 Å². The molecule has 1 aliphatic rings. The first-order valence-corrected chi connectivity index (χ1v) is 6.10. The Hall–Kier alpha value is -2.22. The highest BCUT2D eigenvalue weighted by atomic mass is 16.5. The van der Waals surface area contributed by atoms with Gasteiger partial charge in [0.05, 0.1) is 0 Å². The summed E-state index contributed by atoms with van der Waals surface area (Å²) in [5.74, 6) is -1.37. The molecule has 110 valence electrons. The van der Waals surface area contributed by atoms with Crippen LogP contribution in [0.1, 0.15) is 6.42 Å². The maximum Gasteiger partial charge on any atom is 0.253 e. The molecule has 8 heteroatoms. The lowest BCUT2D eigenvalue weighted by molar-refractivity contribution is -0.137. The number of carbonyl (C=O) groups is 4. The molecule has 0 radical (unpaired) electrons. The topological polar surface area (TPSA) is 105 Å². The van der Waals surface area contributed by atoms with E-state index < -0.39 is 11.8 Å².